The maximum atomic E-state index is 12.2. The predicted molar refractivity (Wildman–Crippen MR) is 118 cm³/mol. The summed E-state index contributed by atoms with van der Waals surface area (Å²) in [6.07, 6.45) is 2.08. The van der Waals surface area contributed by atoms with Crippen LogP contribution < -0.4 is 10.2 Å². The number of fused-ring (bicyclic) bond motifs is 1. The average Bonchev–Trinajstić information content (AvgIpc) is 3.21. The van der Waals surface area contributed by atoms with E-state index in [4.69, 9.17) is 0 Å². The second-order valence-corrected chi connectivity index (χ2v) is 8.43. The zero-order valence-electron chi connectivity index (χ0n) is 17.6. The number of carbonyl (C=O) groups is 2. The molecule has 0 aliphatic carbocycles. The van der Waals surface area contributed by atoms with E-state index in [1.165, 1.54) is 31.5 Å². The number of carbonyl (C=O) groups excluding carboxylic acids is 1. The van der Waals surface area contributed by atoms with Gasteiger partial charge in [-0.3, -0.25) is 9.69 Å². The Hall–Kier alpha value is -2.86. The summed E-state index contributed by atoms with van der Waals surface area (Å²) in [4.78, 5) is 27.8. The monoisotopic (exact) mass is 407 g/mol. The molecule has 6 heteroatoms. The highest BCUT2D eigenvalue weighted by Crippen LogP contribution is 2.39. The first-order valence-electron chi connectivity index (χ1n) is 10.7. The maximum absolute atomic E-state index is 12.2. The number of nitrogens with zero attached hydrogens (tertiary/aromatic N) is 2. The standard InChI is InChI=1S/C24H29N3O3/c1-16-13-22(25-24(29)30)21-14-20(9-10-23(21)27(16)17(2)28)19-7-5-18(6-8-19)15-26-11-3-4-12-26/h5-10,14,16,22,25H,3-4,11-13,15H2,1-2H3,(H,29,30)/t16-,22+/m1/s1. The molecule has 0 bridgehead atoms. The van der Waals surface area contributed by atoms with E-state index in [1.807, 2.05) is 25.1 Å². The molecule has 2 atom stereocenters. The van der Waals surface area contributed by atoms with Crippen molar-refractivity contribution >= 4 is 17.7 Å². The molecule has 4 rings (SSSR count). The summed E-state index contributed by atoms with van der Waals surface area (Å²) in [5, 5.41) is 11.9. The van der Waals surface area contributed by atoms with Gasteiger partial charge < -0.3 is 15.3 Å². The summed E-state index contributed by atoms with van der Waals surface area (Å²) >= 11 is 0. The van der Waals surface area contributed by atoms with E-state index in [9.17, 15) is 14.7 Å². The molecular weight excluding hydrogens is 378 g/mol. The zero-order valence-corrected chi connectivity index (χ0v) is 17.6. The lowest BCUT2D eigenvalue weighted by Crippen LogP contribution is -2.45. The van der Waals surface area contributed by atoms with Gasteiger partial charge >= 0.3 is 6.09 Å². The van der Waals surface area contributed by atoms with Gasteiger partial charge in [0.05, 0.1) is 6.04 Å². The van der Waals surface area contributed by atoms with Crippen molar-refractivity contribution in [2.75, 3.05) is 18.0 Å². The van der Waals surface area contributed by atoms with Crippen LogP contribution in [-0.4, -0.2) is 41.1 Å². The summed E-state index contributed by atoms with van der Waals surface area (Å²) in [5.41, 5.74) is 5.06. The SMILES string of the molecule is CC(=O)N1c2ccc(-c3ccc(CN4CCCC4)cc3)cc2[C@@H](NC(=O)O)C[C@H]1C. The van der Waals surface area contributed by atoms with Crippen LogP contribution in [0, 0.1) is 0 Å². The lowest BCUT2D eigenvalue weighted by molar-refractivity contribution is -0.117. The maximum Gasteiger partial charge on any atom is 0.405 e. The van der Waals surface area contributed by atoms with Crippen molar-refractivity contribution in [3.63, 3.8) is 0 Å². The summed E-state index contributed by atoms with van der Waals surface area (Å²) < 4.78 is 0. The molecule has 2 amide bonds. The molecule has 2 aromatic carbocycles. The van der Waals surface area contributed by atoms with E-state index >= 15 is 0 Å². The number of hydrogen-bond donors (Lipinski definition) is 2. The number of nitrogens with one attached hydrogen (secondary N) is 1. The molecular formula is C24H29N3O3. The Kier molecular flexibility index (Phi) is 5.77. The topological polar surface area (TPSA) is 72.9 Å². The van der Waals surface area contributed by atoms with Gasteiger partial charge in [0.25, 0.3) is 0 Å². The summed E-state index contributed by atoms with van der Waals surface area (Å²) in [5.74, 6) is -0.0310. The quantitative estimate of drug-likeness (QED) is 0.788. The lowest BCUT2D eigenvalue weighted by atomic mass is 9.89. The first-order valence-corrected chi connectivity index (χ1v) is 10.7. The van der Waals surface area contributed by atoms with Crippen molar-refractivity contribution in [2.45, 2.75) is 51.7 Å². The minimum Gasteiger partial charge on any atom is -0.465 e. The predicted octanol–water partition coefficient (Wildman–Crippen LogP) is 4.40. The number of hydrogen-bond acceptors (Lipinski definition) is 3. The molecule has 158 valence electrons. The van der Waals surface area contributed by atoms with Crippen molar-refractivity contribution in [1.82, 2.24) is 10.2 Å². The van der Waals surface area contributed by atoms with E-state index < -0.39 is 6.09 Å². The third kappa shape index (κ3) is 4.19. The van der Waals surface area contributed by atoms with Gasteiger partial charge in [0.1, 0.15) is 0 Å². The van der Waals surface area contributed by atoms with Crippen molar-refractivity contribution in [3.05, 3.63) is 53.6 Å². The molecule has 2 aromatic rings. The Labute approximate surface area is 177 Å². The molecule has 6 nitrogen and oxygen atoms in total. The van der Waals surface area contributed by atoms with Crippen LogP contribution in [0.3, 0.4) is 0 Å². The van der Waals surface area contributed by atoms with Gasteiger partial charge in [0, 0.05) is 25.2 Å². The normalized spacial score (nSPS) is 21.3. The van der Waals surface area contributed by atoms with Crippen LogP contribution in [0.15, 0.2) is 42.5 Å². The van der Waals surface area contributed by atoms with Crippen LogP contribution in [-0.2, 0) is 11.3 Å². The Bertz CT molecular complexity index is 935. The fourth-order valence-corrected chi connectivity index (χ4v) is 4.81. The molecule has 2 aliphatic heterocycles. The summed E-state index contributed by atoms with van der Waals surface area (Å²) in [6.45, 7) is 6.85. The molecule has 2 N–H and O–H groups in total. The molecule has 0 unspecified atom stereocenters. The highest BCUT2D eigenvalue weighted by molar-refractivity contribution is 5.94. The summed E-state index contributed by atoms with van der Waals surface area (Å²) in [7, 11) is 0. The van der Waals surface area contributed by atoms with Crippen molar-refractivity contribution < 1.29 is 14.7 Å². The smallest absolute Gasteiger partial charge is 0.405 e. The fourth-order valence-electron chi connectivity index (χ4n) is 4.81. The van der Waals surface area contributed by atoms with E-state index in [0.717, 1.165) is 28.9 Å². The molecule has 2 aliphatic rings. The van der Waals surface area contributed by atoms with Crippen LogP contribution in [0.2, 0.25) is 0 Å². The van der Waals surface area contributed by atoms with Crippen LogP contribution in [0.4, 0.5) is 10.5 Å². The number of rotatable bonds is 4. The van der Waals surface area contributed by atoms with Gasteiger partial charge in [0.15, 0.2) is 0 Å². The number of amides is 2. The van der Waals surface area contributed by atoms with Crippen molar-refractivity contribution in [3.8, 4) is 11.1 Å². The Balaban J connectivity index is 1.63. The molecule has 0 saturated carbocycles. The van der Waals surface area contributed by atoms with Crippen LogP contribution in [0.5, 0.6) is 0 Å². The van der Waals surface area contributed by atoms with Gasteiger partial charge in [-0.1, -0.05) is 30.3 Å². The van der Waals surface area contributed by atoms with Crippen molar-refractivity contribution in [1.29, 1.82) is 0 Å². The van der Waals surface area contributed by atoms with Gasteiger partial charge in [-0.2, -0.15) is 0 Å². The summed E-state index contributed by atoms with van der Waals surface area (Å²) in [6, 6.07) is 14.2. The largest absolute Gasteiger partial charge is 0.465 e. The van der Waals surface area contributed by atoms with Gasteiger partial charge in [-0.25, -0.2) is 4.79 Å². The number of carboxylic acid groups (broad SMARTS) is 1. The second-order valence-electron chi connectivity index (χ2n) is 8.43. The minimum atomic E-state index is -1.05. The fraction of sp³-hybridized carbons (Fsp3) is 0.417. The first kappa shape index (κ1) is 20.4. The highest BCUT2D eigenvalue weighted by atomic mass is 16.4. The van der Waals surface area contributed by atoms with E-state index in [2.05, 4.69) is 34.5 Å². The number of anilines is 1. The molecule has 0 aromatic heterocycles. The number of benzene rings is 2. The van der Waals surface area contributed by atoms with Gasteiger partial charge in [-0.15, -0.1) is 0 Å². The van der Waals surface area contributed by atoms with Gasteiger partial charge in [0.2, 0.25) is 5.91 Å². The second kappa shape index (κ2) is 8.48. The third-order valence-corrected chi connectivity index (χ3v) is 6.21. The number of likely N-dealkylation sites (tertiary alicyclic amines) is 1. The molecule has 0 spiro atoms. The molecule has 30 heavy (non-hydrogen) atoms. The third-order valence-electron chi connectivity index (χ3n) is 6.21. The van der Waals surface area contributed by atoms with Crippen molar-refractivity contribution in [2.24, 2.45) is 0 Å². The Morgan fingerprint density at radius 2 is 1.73 bits per heavy atom. The molecule has 2 heterocycles. The zero-order chi connectivity index (χ0) is 21.3. The molecule has 1 saturated heterocycles. The van der Waals surface area contributed by atoms with E-state index in [1.54, 1.807) is 11.8 Å². The first-order chi connectivity index (χ1) is 14.4. The molecule has 1 fully saturated rings. The minimum absolute atomic E-state index is 0.0310. The van der Waals surface area contributed by atoms with E-state index in [0.29, 0.717) is 6.42 Å². The van der Waals surface area contributed by atoms with Crippen LogP contribution >= 0.6 is 0 Å². The van der Waals surface area contributed by atoms with E-state index in [-0.39, 0.29) is 18.0 Å². The Morgan fingerprint density at radius 3 is 2.37 bits per heavy atom. The van der Waals surface area contributed by atoms with Crippen LogP contribution in [0.25, 0.3) is 11.1 Å². The van der Waals surface area contributed by atoms with Crippen LogP contribution in [0.1, 0.15) is 50.3 Å². The Morgan fingerprint density at radius 1 is 1.07 bits per heavy atom. The highest BCUT2D eigenvalue weighted by Gasteiger charge is 2.33. The lowest BCUT2D eigenvalue weighted by Gasteiger charge is -2.39. The molecule has 0 radical (unpaired) electrons. The average molecular weight is 408 g/mol. The van der Waals surface area contributed by atoms with Gasteiger partial charge in [-0.05, 0) is 73.7 Å².